The van der Waals surface area contributed by atoms with Gasteiger partial charge in [-0.3, -0.25) is 14.0 Å². The summed E-state index contributed by atoms with van der Waals surface area (Å²) < 4.78 is 2.48. The number of halogens is 1. The van der Waals surface area contributed by atoms with Crippen LogP contribution in [0.15, 0.2) is 40.6 Å². The lowest BCUT2D eigenvalue weighted by molar-refractivity contribution is 0.102. The van der Waals surface area contributed by atoms with Crippen molar-refractivity contribution in [3.05, 3.63) is 61.0 Å². The first kappa shape index (κ1) is 14.2. The zero-order valence-corrected chi connectivity index (χ0v) is 13.9. The lowest BCUT2D eigenvalue weighted by Crippen LogP contribution is -2.24. The molecular weight excluding hydrogens is 401 g/mol. The molecule has 3 rings (SSSR count). The van der Waals surface area contributed by atoms with Gasteiger partial charge in [0.2, 0.25) is 0 Å². The Hall–Kier alpha value is -1.74. The Bertz CT molecular complexity index is 883. The molecule has 0 aliphatic carbocycles. The van der Waals surface area contributed by atoms with Gasteiger partial charge in [0.15, 0.2) is 4.96 Å². The molecule has 21 heavy (non-hydrogen) atoms. The topological polar surface area (TPSA) is 63.5 Å². The molecule has 2 aromatic heterocycles. The SMILES string of the molecule is Cc1nc2sccn2c(=O)c1NC(=O)c1ccc(I)cc1. The number of aryl methyl sites for hydroxylation is 1. The Morgan fingerprint density at radius 3 is 2.76 bits per heavy atom. The fraction of sp³-hybridized carbons (Fsp3) is 0.0714. The quantitative estimate of drug-likeness (QED) is 0.660. The molecular formula is C14H10IN3O2S. The van der Waals surface area contributed by atoms with E-state index < -0.39 is 0 Å². The van der Waals surface area contributed by atoms with Gasteiger partial charge in [-0.1, -0.05) is 0 Å². The van der Waals surface area contributed by atoms with Crippen molar-refractivity contribution in [2.24, 2.45) is 0 Å². The molecule has 1 amide bonds. The molecule has 106 valence electrons. The van der Waals surface area contributed by atoms with Crippen LogP contribution < -0.4 is 10.9 Å². The lowest BCUT2D eigenvalue weighted by Gasteiger charge is -2.07. The number of thiazole rings is 1. The van der Waals surface area contributed by atoms with E-state index in [2.05, 4.69) is 32.9 Å². The predicted molar refractivity (Wildman–Crippen MR) is 91.2 cm³/mol. The number of rotatable bonds is 2. The third-order valence-corrected chi connectivity index (χ3v) is 4.47. The van der Waals surface area contributed by atoms with Gasteiger partial charge in [-0.15, -0.1) is 11.3 Å². The molecule has 5 nitrogen and oxygen atoms in total. The van der Waals surface area contributed by atoms with Gasteiger partial charge >= 0.3 is 0 Å². The van der Waals surface area contributed by atoms with E-state index in [9.17, 15) is 9.59 Å². The Labute approximate surface area is 137 Å². The summed E-state index contributed by atoms with van der Waals surface area (Å²) in [4.78, 5) is 29.5. The van der Waals surface area contributed by atoms with Crippen LogP contribution in [0.1, 0.15) is 16.1 Å². The Kier molecular flexibility index (Phi) is 3.77. The summed E-state index contributed by atoms with van der Waals surface area (Å²) in [5.74, 6) is -0.316. The van der Waals surface area contributed by atoms with Crippen molar-refractivity contribution in [2.75, 3.05) is 5.32 Å². The molecule has 0 unspecified atom stereocenters. The first-order chi connectivity index (χ1) is 10.1. The monoisotopic (exact) mass is 411 g/mol. The number of carbonyl (C=O) groups excluding carboxylic acids is 1. The van der Waals surface area contributed by atoms with Crippen LogP contribution in [0.25, 0.3) is 4.96 Å². The first-order valence-corrected chi connectivity index (χ1v) is 8.05. The molecule has 0 aliphatic heterocycles. The highest BCUT2D eigenvalue weighted by atomic mass is 127. The van der Waals surface area contributed by atoms with E-state index in [1.54, 1.807) is 30.6 Å². The average Bonchev–Trinajstić information content (AvgIpc) is 2.92. The van der Waals surface area contributed by atoms with Crippen LogP contribution in [0.2, 0.25) is 0 Å². The number of nitrogens with zero attached hydrogens (tertiary/aromatic N) is 2. The van der Waals surface area contributed by atoms with Crippen LogP contribution >= 0.6 is 33.9 Å². The highest BCUT2D eigenvalue weighted by Gasteiger charge is 2.14. The minimum atomic E-state index is -0.316. The van der Waals surface area contributed by atoms with Crippen molar-refractivity contribution in [3.63, 3.8) is 0 Å². The number of hydrogen-bond donors (Lipinski definition) is 1. The third-order valence-electron chi connectivity index (χ3n) is 2.99. The highest BCUT2D eigenvalue weighted by Crippen LogP contribution is 2.14. The number of fused-ring (bicyclic) bond motifs is 1. The van der Waals surface area contributed by atoms with Gasteiger partial charge in [0.25, 0.3) is 11.5 Å². The standard InChI is InChI=1S/C14H10IN3O2S/c1-8-11(13(20)18-6-7-21-14(18)16-8)17-12(19)9-2-4-10(15)5-3-9/h2-7H,1H3,(H,17,19). The Morgan fingerprint density at radius 1 is 1.33 bits per heavy atom. The van der Waals surface area contributed by atoms with Gasteiger partial charge in [-0.2, -0.15) is 0 Å². The van der Waals surface area contributed by atoms with E-state index in [0.29, 0.717) is 16.2 Å². The molecule has 0 radical (unpaired) electrons. The molecule has 0 atom stereocenters. The molecule has 2 heterocycles. The second-order valence-corrected chi connectivity index (χ2v) is 6.51. The minimum Gasteiger partial charge on any atom is -0.316 e. The van der Waals surface area contributed by atoms with Crippen molar-refractivity contribution in [1.82, 2.24) is 9.38 Å². The molecule has 0 aliphatic rings. The van der Waals surface area contributed by atoms with Gasteiger partial charge in [-0.25, -0.2) is 4.98 Å². The molecule has 0 saturated carbocycles. The number of anilines is 1. The van der Waals surface area contributed by atoms with E-state index >= 15 is 0 Å². The maximum Gasteiger partial charge on any atom is 0.282 e. The van der Waals surface area contributed by atoms with Crippen molar-refractivity contribution in [2.45, 2.75) is 6.92 Å². The van der Waals surface area contributed by atoms with Crippen LogP contribution in [0.5, 0.6) is 0 Å². The van der Waals surface area contributed by atoms with Crippen LogP contribution in [-0.4, -0.2) is 15.3 Å². The number of amides is 1. The van der Waals surface area contributed by atoms with Gasteiger partial charge < -0.3 is 5.32 Å². The van der Waals surface area contributed by atoms with E-state index in [-0.39, 0.29) is 17.2 Å². The van der Waals surface area contributed by atoms with Gasteiger partial charge in [-0.05, 0) is 53.8 Å². The maximum absolute atomic E-state index is 12.3. The number of carbonyl (C=O) groups is 1. The number of benzene rings is 1. The van der Waals surface area contributed by atoms with Gasteiger partial charge in [0.1, 0.15) is 5.69 Å². The smallest absolute Gasteiger partial charge is 0.282 e. The van der Waals surface area contributed by atoms with Gasteiger partial charge in [0, 0.05) is 20.7 Å². The summed E-state index contributed by atoms with van der Waals surface area (Å²) in [5.41, 5.74) is 0.970. The molecule has 7 heteroatoms. The minimum absolute atomic E-state index is 0.217. The van der Waals surface area contributed by atoms with Crippen molar-refractivity contribution < 1.29 is 4.79 Å². The largest absolute Gasteiger partial charge is 0.316 e. The number of hydrogen-bond acceptors (Lipinski definition) is 4. The van der Waals surface area contributed by atoms with E-state index in [4.69, 9.17) is 0 Å². The summed E-state index contributed by atoms with van der Waals surface area (Å²) >= 11 is 3.55. The Morgan fingerprint density at radius 2 is 2.05 bits per heavy atom. The zero-order chi connectivity index (χ0) is 15.0. The first-order valence-electron chi connectivity index (χ1n) is 6.09. The van der Waals surface area contributed by atoms with Crippen LogP contribution in [0.3, 0.4) is 0 Å². The fourth-order valence-electron chi connectivity index (χ4n) is 1.91. The van der Waals surface area contributed by atoms with Crippen LogP contribution in [-0.2, 0) is 0 Å². The average molecular weight is 411 g/mol. The third kappa shape index (κ3) is 2.70. The second kappa shape index (κ2) is 5.57. The predicted octanol–water partition coefficient (Wildman–Crippen LogP) is 2.92. The Balaban J connectivity index is 1.99. The summed E-state index contributed by atoms with van der Waals surface area (Å²) in [6.07, 6.45) is 1.65. The van der Waals surface area contributed by atoms with E-state index in [1.807, 2.05) is 12.1 Å². The molecule has 0 bridgehead atoms. The molecule has 0 saturated heterocycles. The molecule has 0 spiro atoms. The number of aromatic nitrogens is 2. The summed E-state index contributed by atoms with van der Waals surface area (Å²) in [6.45, 7) is 1.71. The molecule has 1 aromatic carbocycles. The van der Waals surface area contributed by atoms with Crippen LogP contribution in [0.4, 0.5) is 5.69 Å². The van der Waals surface area contributed by atoms with E-state index in [0.717, 1.165) is 3.57 Å². The van der Waals surface area contributed by atoms with Gasteiger partial charge in [0.05, 0.1) is 5.69 Å². The summed E-state index contributed by atoms with van der Waals surface area (Å²) in [5, 5.41) is 4.45. The fourth-order valence-corrected chi connectivity index (χ4v) is 3.02. The van der Waals surface area contributed by atoms with E-state index in [1.165, 1.54) is 15.7 Å². The molecule has 3 aromatic rings. The molecule has 0 fully saturated rings. The number of nitrogens with one attached hydrogen (secondary N) is 1. The van der Waals surface area contributed by atoms with Crippen molar-refractivity contribution in [1.29, 1.82) is 0 Å². The highest BCUT2D eigenvalue weighted by molar-refractivity contribution is 14.1. The lowest BCUT2D eigenvalue weighted by atomic mass is 10.2. The second-order valence-electron chi connectivity index (χ2n) is 4.39. The van der Waals surface area contributed by atoms with Crippen molar-refractivity contribution >= 4 is 50.5 Å². The summed E-state index contributed by atoms with van der Waals surface area (Å²) in [7, 11) is 0. The maximum atomic E-state index is 12.3. The van der Waals surface area contributed by atoms with Crippen LogP contribution in [0, 0.1) is 10.5 Å². The molecule has 1 N–H and O–H groups in total. The van der Waals surface area contributed by atoms with Crippen molar-refractivity contribution in [3.8, 4) is 0 Å². The summed E-state index contributed by atoms with van der Waals surface area (Å²) in [6, 6.07) is 7.13. The zero-order valence-electron chi connectivity index (χ0n) is 11.0. The normalized spacial score (nSPS) is 10.8.